The number of Topliss-reactive ketones (excluding diaryl/α,β-unsaturated/α-hetero) is 1. The lowest BCUT2D eigenvalue weighted by Gasteiger charge is -2.28. The smallest absolute Gasteiger partial charge is 0.220 e. The van der Waals surface area contributed by atoms with Gasteiger partial charge in [0, 0.05) is 18.4 Å². The van der Waals surface area contributed by atoms with Gasteiger partial charge in [0.15, 0.2) is 0 Å². The van der Waals surface area contributed by atoms with Gasteiger partial charge in [-0.05, 0) is 32.1 Å². The van der Waals surface area contributed by atoms with Crippen LogP contribution in [0.1, 0.15) is 52.9 Å². The highest BCUT2D eigenvalue weighted by atomic mass is 16.1. The van der Waals surface area contributed by atoms with Crippen LogP contribution in [0.4, 0.5) is 0 Å². The zero-order chi connectivity index (χ0) is 12.1. The van der Waals surface area contributed by atoms with Gasteiger partial charge >= 0.3 is 0 Å². The molecule has 1 aliphatic rings. The van der Waals surface area contributed by atoms with Crippen LogP contribution in [-0.2, 0) is 9.59 Å². The molecule has 1 amide bonds. The van der Waals surface area contributed by atoms with Gasteiger partial charge in [-0.15, -0.1) is 0 Å². The lowest BCUT2D eigenvalue weighted by atomic mass is 9.83. The fourth-order valence-corrected chi connectivity index (χ4v) is 2.35. The molecule has 1 fully saturated rings. The molecule has 1 N–H and O–H groups in total. The molecule has 1 saturated carbocycles. The Morgan fingerprint density at radius 2 is 2.00 bits per heavy atom. The summed E-state index contributed by atoms with van der Waals surface area (Å²) < 4.78 is 0. The van der Waals surface area contributed by atoms with Crippen LogP contribution >= 0.6 is 0 Å². The highest BCUT2D eigenvalue weighted by Gasteiger charge is 2.25. The fraction of sp³-hybridized carbons (Fsp3) is 0.846. The van der Waals surface area contributed by atoms with Crippen LogP contribution in [0.5, 0.6) is 0 Å². The van der Waals surface area contributed by atoms with E-state index in [0.29, 0.717) is 12.3 Å². The number of amides is 1. The molecule has 0 saturated heterocycles. The molecule has 0 aromatic rings. The van der Waals surface area contributed by atoms with E-state index >= 15 is 0 Å². The van der Waals surface area contributed by atoms with E-state index in [1.165, 1.54) is 0 Å². The summed E-state index contributed by atoms with van der Waals surface area (Å²) >= 11 is 0. The maximum absolute atomic E-state index is 11.6. The number of carbonyl (C=O) groups excluding carboxylic acids is 2. The van der Waals surface area contributed by atoms with Crippen molar-refractivity contribution < 1.29 is 9.59 Å². The summed E-state index contributed by atoms with van der Waals surface area (Å²) in [7, 11) is 0. The van der Waals surface area contributed by atoms with Crippen molar-refractivity contribution >= 4 is 11.7 Å². The second-order valence-electron chi connectivity index (χ2n) is 5.34. The Labute approximate surface area is 98.0 Å². The predicted molar refractivity (Wildman–Crippen MR) is 64.0 cm³/mol. The van der Waals surface area contributed by atoms with Gasteiger partial charge in [-0.1, -0.05) is 20.3 Å². The Kier molecular flexibility index (Phi) is 4.97. The molecule has 2 atom stereocenters. The van der Waals surface area contributed by atoms with Gasteiger partial charge in [0.05, 0.1) is 0 Å². The third-order valence-corrected chi connectivity index (χ3v) is 3.21. The van der Waals surface area contributed by atoms with Crippen LogP contribution in [0.15, 0.2) is 0 Å². The number of carbonyl (C=O) groups is 2. The number of rotatable bonds is 4. The molecule has 92 valence electrons. The standard InChI is InChI=1S/C13H23NO2/c1-9(2)7-13(16)14-12-6-4-5-11(8-12)10(3)15/h9,11-12H,4-8H2,1-3H3,(H,14,16). The molecule has 1 aliphatic carbocycles. The average molecular weight is 225 g/mol. The van der Waals surface area contributed by atoms with Crippen LogP contribution in [0, 0.1) is 11.8 Å². The predicted octanol–water partition coefficient (Wildman–Crippen LogP) is 2.30. The van der Waals surface area contributed by atoms with Crippen molar-refractivity contribution in [1.29, 1.82) is 0 Å². The first kappa shape index (κ1) is 13.2. The summed E-state index contributed by atoms with van der Waals surface area (Å²) in [5, 5.41) is 3.04. The first-order chi connectivity index (χ1) is 7.49. The summed E-state index contributed by atoms with van der Waals surface area (Å²) in [5.74, 6) is 0.956. The van der Waals surface area contributed by atoms with E-state index in [1.54, 1.807) is 6.92 Å². The van der Waals surface area contributed by atoms with Gasteiger partial charge in [0.2, 0.25) is 5.91 Å². The fourth-order valence-electron chi connectivity index (χ4n) is 2.35. The molecule has 0 heterocycles. The van der Waals surface area contributed by atoms with Crippen molar-refractivity contribution in [3.63, 3.8) is 0 Å². The van der Waals surface area contributed by atoms with Crippen LogP contribution in [0.3, 0.4) is 0 Å². The first-order valence-electron chi connectivity index (χ1n) is 6.29. The third kappa shape index (κ3) is 4.33. The SMILES string of the molecule is CC(=O)C1CCCC(NC(=O)CC(C)C)C1. The largest absolute Gasteiger partial charge is 0.353 e. The van der Waals surface area contributed by atoms with Crippen molar-refractivity contribution in [2.75, 3.05) is 0 Å². The molecule has 0 aliphatic heterocycles. The topological polar surface area (TPSA) is 46.2 Å². The van der Waals surface area contributed by atoms with Gasteiger partial charge < -0.3 is 5.32 Å². The highest BCUT2D eigenvalue weighted by Crippen LogP contribution is 2.25. The summed E-state index contributed by atoms with van der Waals surface area (Å²) in [4.78, 5) is 22.9. The Bertz CT molecular complexity index is 261. The maximum Gasteiger partial charge on any atom is 0.220 e. The molecular formula is C13H23NO2. The first-order valence-corrected chi connectivity index (χ1v) is 6.29. The zero-order valence-electron chi connectivity index (χ0n) is 10.6. The van der Waals surface area contributed by atoms with Gasteiger partial charge in [0.25, 0.3) is 0 Å². The molecule has 0 aromatic carbocycles. The van der Waals surface area contributed by atoms with Gasteiger partial charge in [-0.2, -0.15) is 0 Å². The Balaban J connectivity index is 2.37. The molecular weight excluding hydrogens is 202 g/mol. The average Bonchev–Trinajstić information content (AvgIpc) is 2.16. The molecule has 2 unspecified atom stereocenters. The van der Waals surface area contributed by atoms with Crippen LogP contribution < -0.4 is 5.32 Å². The van der Waals surface area contributed by atoms with Crippen molar-refractivity contribution in [3.8, 4) is 0 Å². The number of hydrogen-bond donors (Lipinski definition) is 1. The lowest BCUT2D eigenvalue weighted by Crippen LogP contribution is -2.39. The Morgan fingerprint density at radius 1 is 1.31 bits per heavy atom. The quantitative estimate of drug-likeness (QED) is 0.798. The molecule has 0 radical (unpaired) electrons. The lowest BCUT2D eigenvalue weighted by molar-refractivity contribution is -0.125. The summed E-state index contributed by atoms with van der Waals surface area (Å²) in [6.07, 6.45) is 4.48. The molecule has 0 spiro atoms. The normalized spacial score (nSPS) is 25.5. The Hall–Kier alpha value is -0.860. The van der Waals surface area contributed by atoms with E-state index in [0.717, 1.165) is 25.7 Å². The number of nitrogens with one attached hydrogen (secondary N) is 1. The summed E-state index contributed by atoms with van der Waals surface area (Å²) in [6, 6.07) is 0.217. The summed E-state index contributed by atoms with van der Waals surface area (Å²) in [6.45, 7) is 5.74. The van der Waals surface area contributed by atoms with Crippen molar-refractivity contribution in [2.24, 2.45) is 11.8 Å². The van der Waals surface area contributed by atoms with E-state index < -0.39 is 0 Å². The molecule has 0 bridgehead atoms. The van der Waals surface area contributed by atoms with Gasteiger partial charge in [-0.3, -0.25) is 9.59 Å². The van der Waals surface area contributed by atoms with E-state index in [9.17, 15) is 9.59 Å². The molecule has 1 rings (SSSR count). The second kappa shape index (κ2) is 6.02. The maximum atomic E-state index is 11.6. The minimum Gasteiger partial charge on any atom is -0.353 e. The monoisotopic (exact) mass is 225 g/mol. The van der Waals surface area contributed by atoms with E-state index in [2.05, 4.69) is 5.32 Å². The second-order valence-corrected chi connectivity index (χ2v) is 5.34. The zero-order valence-corrected chi connectivity index (χ0v) is 10.6. The number of hydrogen-bond acceptors (Lipinski definition) is 2. The van der Waals surface area contributed by atoms with Crippen LogP contribution in [0.2, 0.25) is 0 Å². The molecule has 3 nitrogen and oxygen atoms in total. The molecule has 3 heteroatoms. The van der Waals surface area contributed by atoms with Crippen molar-refractivity contribution in [1.82, 2.24) is 5.32 Å². The van der Waals surface area contributed by atoms with Crippen LogP contribution in [-0.4, -0.2) is 17.7 Å². The van der Waals surface area contributed by atoms with E-state index in [4.69, 9.17) is 0 Å². The van der Waals surface area contributed by atoms with E-state index in [1.807, 2.05) is 13.8 Å². The number of ketones is 1. The molecule has 16 heavy (non-hydrogen) atoms. The van der Waals surface area contributed by atoms with Crippen LogP contribution in [0.25, 0.3) is 0 Å². The Morgan fingerprint density at radius 3 is 2.56 bits per heavy atom. The van der Waals surface area contributed by atoms with E-state index in [-0.39, 0.29) is 23.7 Å². The minimum absolute atomic E-state index is 0.129. The van der Waals surface area contributed by atoms with Gasteiger partial charge in [0.1, 0.15) is 5.78 Å². The van der Waals surface area contributed by atoms with Crippen molar-refractivity contribution in [2.45, 2.75) is 58.9 Å². The minimum atomic E-state index is 0.129. The molecule has 0 aromatic heterocycles. The highest BCUT2D eigenvalue weighted by molar-refractivity contribution is 5.79. The van der Waals surface area contributed by atoms with Gasteiger partial charge in [-0.25, -0.2) is 0 Å². The summed E-state index contributed by atoms with van der Waals surface area (Å²) in [5.41, 5.74) is 0. The third-order valence-electron chi connectivity index (χ3n) is 3.21. The van der Waals surface area contributed by atoms with Crippen molar-refractivity contribution in [3.05, 3.63) is 0 Å².